The third-order valence-corrected chi connectivity index (χ3v) is 5.33. The number of halogens is 3. The van der Waals surface area contributed by atoms with Gasteiger partial charge in [-0.1, -0.05) is 31.4 Å². The molecule has 7 heteroatoms. The van der Waals surface area contributed by atoms with Crippen molar-refractivity contribution < 1.29 is 21.6 Å². The number of anilines is 1. The van der Waals surface area contributed by atoms with Crippen molar-refractivity contribution in [3.05, 3.63) is 24.3 Å². The molecule has 0 aliphatic heterocycles. The normalized spacial score (nSPS) is 17.7. The molecular formula is C14H18F3NO2S. The van der Waals surface area contributed by atoms with Crippen LogP contribution >= 0.6 is 0 Å². The van der Waals surface area contributed by atoms with Crippen LogP contribution in [0, 0.1) is 5.92 Å². The first-order valence-electron chi connectivity index (χ1n) is 6.96. The molecule has 0 heterocycles. The number of nitrogens with one attached hydrogen (secondary N) is 1. The molecule has 0 radical (unpaired) electrons. The highest BCUT2D eigenvalue weighted by Crippen LogP contribution is 2.34. The minimum atomic E-state index is -5.32. The third-order valence-electron chi connectivity index (χ3n) is 3.79. The van der Waals surface area contributed by atoms with E-state index in [2.05, 4.69) is 5.32 Å². The summed E-state index contributed by atoms with van der Waals surface area (Å²) in [5.74, 6) is 0.389. The molecule has 1 aliphatic carbocycles. The summed E-state index contributed by atoms with van der Waals surface area (Å²) in [7, 11) is -5.32. The maximum Gasteiger partial charge on any atom is 0.501 e. The van der Waals surface area contributed by atoms with Crippen molar-refractivity contribution in [1.29, 1.82) is 0 Å². The van der Waals surface area contributed by atoms with Gasteiger partial charge in [0.15, 0.2) is 0 Å². The first-order valence-corrected chi connectivity index (χ1v) is 8.45. The molecule has 0 spiro atoms. The molecule has 0 atom stereocenters. The van der Waals surface area contributed by atoms with Crippen LogP contribution in [0.3, 0.4) is 0 Å². The number of hydrogen-bond acceptors (Lipinski definition) is 3. The number of sulfone groups is 1. The van der Waals surface area contributed by atoms with Crippen LogP contribution in [0.5, 0.6) is 0 Å². The van der Waals surface area contributed by atoms with Gasteiger partial charge in [-0.3, -0.25) is 0 Å². The van der Waals surface area contributed by atoms with Crippen LogP contribution in [0.2, 0.25) is 0 Å². The van der Waals surface area contributed by atoms with E-state index in [1.165, 1.54) is 24.6 Å². The van der Waals surface area contributed by atoms with E-state index in [9.17, 15) is 21.6 Å². The van der Waals surface area contributed by atoms with Gasteiger partial charge in [-0.05, 0) is 30.9 Å². The van der Waals surface area contributed by atoms with Crippen molar-refractivity contribution in [3.8, 4) is 0 Å². The number of benzene rings is 1. The molecule has 1 aromatic rings. The van der Waals surface area contributed by atoms with Crippen LogP contribution in [0.15, 0.2) is 29.2 Å². The Morgan fingerprint density at radius 3 is 2.33 bits per heavy atom. The molecule has 118 valence electrons. The van der Waals surface area contributed by atoms with Crippen molar-refractivity contribution in [3.63, 3.8) is 0 Å². The quantitative estimate of drug-likeness (QED) is 0.912. The fourth-order valence-electron chi connectivity index (χ4n) is 2.62. The maximum atomic E-state index is 12.7. The summed E-state index contributed by atoms with van der Waals surface area (Å²) in [4.78, 5) is -0.701. The van der Waals surface area contributed by atoms with Crippen LogP contribution in [-0.4, -0.2) is 20.5 Å². The second-order valence-electron chi connectivity index (χ2n) is 5.33. The van der Waals surface area contributed by atoms with Crippen molar-refractivity contribution in [2.45, 2.75) is 42.5 Å². The lowest BCUT2D eigenvalue weighted by Crippen LogP contribution is -2.25. The molecule has 0 unspecified atom stereocenters. The molecule has 0 aromatic heterocycles. The Kier molecular flexibility index (Phi) is 4.81. The fourth-order valence-corrected chi connectivity index (χ4v) is 3.55. The Hall–Kier alpha value is -1.24. The number of rotatable bonds is 4. The lowest BCUT2D eigenvalue weighted by Gasteiger charge is -2.23. The predicted molar refractivity (Wildman–Crippen MR) is 74.7 cm³/mol. The standard InChI is InChI=1S/C14H18F3NO2S/c15-14(16,17)21(19,20)13-9-5-4-8-12(13)18-10-11-6-2-1-3-7-11/h4-5,8-9,11,18H,1-3,6-7,10H2. The van der Waals surface area contributed by atoms with Crippen LogP contribution in [0.25, 0.3) is 0 Å². The molecular weight excluding hydrogens is 303 g/mol. The van der Waals surface area contributed by atoms with Crippen LogP contribution < -0.4 is 5.32 Å². The van der Waals surface area contributed by atoms with Gasteiger partial charge in [0.25, 0.3) is 9.84 Å². The topological polar surface area (TPSA) is 46.2 Å². The van der Waals surface area contributed by atoms with Gasteiger partial charge in [0.05, 0.1) is 10.6 Å². The van der Waals surface area contributed by atoms with Crippen LogP contribution in [0.4, 0.5) is 18.9 Å². The lowest BCUT2D eigenvalue weighted by atomic mass is 9.89. The molecule has 1 saturated carbocycles. The highest BCUT2D eigenvalue weighted by atomic mass is 32.2. The van der Waals surface area contributed by atoms with Gasteiger partial charge in [0.1, 0.15) is 0 Å². The van der Waals surface area contributed by atoms with E-state index in [-0.39, 0.29) is 5.69 Å². The summed E-state index contributed by atoms with van der Waals surface area (Å²) in [6, 6.07) is 5.19. The molecule has 0 bridgehead atoms. The van der Waals surface area contributed by atoms with Crippen molar-refractivity contribution >= 4 is 15.5 Å². The van der Waals surface area contributed by atoms with Crippen LogP contribution in [-0.2, 0) is 9.84 Å². The van der Waals surface area contributed by atoms with Gasteiger partial charge in [-0.15, -0.1) is 0 Å². The van der Waals surface area contributed by atoms with E-state index in [1.807, 2.05) is 0 Å². The molecule has 21 heavy (non-hydrogen) atoms. The molecule has 2 rings (SSSR count). The van der Waals surface area contributed by atoms with E-state index in [0.29, 0.717) is 12.5 Å². The minimum absolute atomic E-state index is 0.0281. The molecule has 1 fully saturated rings. The Bertz CT molecular complexity index is 578. The molecule has 1 N–H and O–H groups in total. The highest BCUT2D eigenvalue weighted by molar-refractivity contribution is 7.92. The molecule has 0 saturated heterocycles. The number of alkyl halides is 3. The maximum absolute atomic E-state index is 12.7. The summed E-state index contributed by atoms with van der Waals surface area (Å²) in [6.45, 7) is 0.504. The van der Waals surface area contributed by atoms with Crippen LogP contribution in [0.1, 0.15) is 32.1 Å². The molecule has 3 nitrogen and oxygen atoms in total. The zero-order valence-electron chi connectivity index (χ0n) is 11.5. The third kappa shape index (κ3) is 3.70. The Labute approximate surface area is 122 Å². The monoisotopic (exact) mass is 321 g/mol. The zero-order valence-corrected chi connectivity index (χ0v) is 12.3. The van der Waals surface area contributed by atoms with Crippen molar-refractivity contribution in [2.24, 2.45) is 5.92 Å². The van der Waals surface area contributed by atoms with Gasteiger partial charge < -0.3 is 5.32 Å². The summed E-state index contributed by atoms with van der Waals surface area (Å²) < 4.78 is 61.2. The van der Waals surface area contributed by atoms with E-state index >= 15 is 0 Å². The predicted octanol–water partition coefficient (Wildman–Crippen LogP) is 3.97. The lowest BCUT2D eigenvalue weighted by molar-refractivity contribution is -0.0435. The van der Waals surface area contributed by atoms with E-state index in [0.717, 1.165) is 31.7 Å². The van der Waals surface area contributed by atoms with Gasteiger partial charge >= 0.3 is 5.51 Å². The first-order chi connectivity index (χ1) is 9.82. The molecule has 0 amide bonds. The zero-order chi connectivity index (χ0) is 15.5. The van der Waals surface area contributed by atoms with E-state index in [1.54, 1.807) is 0 Å². The Balaban J connectivity index is 2.17. The number of para-hydroxylation sites is 1. The van der Waals surface area contributed by atoms with Gasteiger partial charge in [-0.25, -0.2) is 8.42 Å². The summed E-state index contributed by atoms with van der Waals surface area (Å²) >= 11 is 0. The minimum Gasteiger partial charge on any atom is -0.384 e. The Morgan fingerprint density at radius 2 is 1.71 bits per heavy atom. The van der Waals surface area contributed by atoms with Crippen molar-refractivity contribution in [1.82, 2.24) is 0 Å². The van der Waals surface area contributed by atoms with Gasteiger partial charge in [0.2, 0.25) is 0 Å². The smallest absolute Gasteiger partial charge is 0.384 e. The van der Waals surface area contributed by atoms with E-state index in [4.69, 9.17) is 0 Å². The summed E-state index contributed by atoms with van der Waals surface area (Å²) in [6.07, 6.45) is 5.49. The average molecular weight is 321 g/mol. The average Bonchev–Trinajstić information content (AvgIpc) is 2.45. The second kappa shape index (κ2) is 6.25. The van der Waals surface area contributed by atoms with E-state index < -0.39 is 20.2 Å². The fraction of sp³-hybridized carbons (Fsp3) is 0.571. The van der Waals surface area contributed by atoms with Crippen molar-refractivity contribution in [2.75, 3.05) is 11.9 Å². The molecule has 1 aliphatic rings. The summed E-state index contributed by atoms with van der Waals surface area (Å²) in [5.41, 5.74) is -5.25. The Morgan fingerprint density at radius 1 is 1.10 bits per heavy atom. The first kappa shape index (κ1) is 16.1. The molecule has 1 aromatic carbocycles. The second-order valence-corrected chi connectivity index (χ2v) is 7.24. The summed E-state index contributed by atoms with van der Waals surface area (Å²) in [5, 5.41) is 2.88. The SMILES string of the molecule is O=S(=O)(c1ccccc1NCC1CCCCC1)C(F)(F)F. The largest absolute Gasteiger partial charge is 0.501 e. The van der Waals surface area contributed by atoms with Gasteiger partial charge in [0, 0.05) is 6.54 Å². The van der Waals surface area contributed by atoms with Gasteiger partial charge in [-0.2, -0.15) is 13.2 Å². The highest BCUT2D eigenvalue weighted by Gasteiger charge is 2.47. The number of hydrogen-bond donors (Lipinski definition) is 1.